The van der Waals surface area contributed by atoms with Crippen LogP contribution in [-0.2, 0) is 10.0 Å². The van der Waals surface area contributed by atoms with E-state index in [2.05, 4.69) is 10.0 Å². The van der Waals surface area contributed by atoms with Crippen LogP contribution in [0.15, 0.2) is 35.2 Å². The molecule has 8 nitrogen and oxygen atoms in total. The number of hydrogen-bond acceptors (Lipinski definition) is 6. The molecule has 0 bridgehead atoms. The van der Waals surface area contributed by atoms with E-state index in [0.29, 0.717) is 10.6 Å². The first-order valence-electron chi connectivity index (χ1n) is 7.45. The van der Waals surface area contributed by atoms with Crippen LogP contribution in [0, 0.1) is 17.0 Å². The standard InChI is InChI=1S/C15H15N3O5S2/c1-9-13(18(20)21)8-14(24-9)15(19)16-11-3-2-4-12(7-11)25(22,23)17-10-5-6-10/h2-4,7-8,10,17H,5-6H2,1H3,(H,16,19). The third-order valence-corrected chi connectivity index (χ3v) is 6.17. The number of amides is 1. The Bertz CT molecular complexity index is 948. The maximum Gasteiger partial charge on any atom is 0.283 e. The summed E-state index contributed by atoms with van der Waals surface area (Å²) in [5.74, 6) is -0.522. The summed E-state index contributed by atoms with van der Waals surface area (Å²) in [6.45, 7) is 1.57. The number of sulfonamides is 1. The highest BCUT2D eigenvalue weighted by Gasteiger charge is 2.28. The van der Waals surface area contributed by atoms with Crippen molar-refractivity contribution in [2.24, 2.45) is 0 Å². The van der Waals surface area contributed by atoms with E-state index in [4.69, 9.17) is 0 Å². The number of anilines is 1. The highest BCUT2D eigenvalue weighted by atomic mass is 32.2. The summed E-state index contributed by atoms with van der Waals surface area (Å²) < 4.78 is 27.0. The number of hydrogen-bond donors (Lipinski definition) is 2. The number of thiophene rings is 1. The van der Waals surface area contributed by atoms with Crippen molar-refractivity contribution in [1.29, 1.82) is 0 Å². The topological polar surface area (TPSA) is 118 Å². The van der Waals surface area contributed by atoms with Crippen LogP contribution in [0.4, 0.5) is 11.4 Å². The van der Waals surface area contributed by atoms with Gasteiger partial charge in [0, 0.05) is 17.8 Å². The van der Waals surface area contributed by atoms with Gasteiger partial charge in [0.15, 0.2) is 0 Å². The molecule has 3 rings (SSSR count). The van der Waals surface area contributed by atoms with Gasteiger partial charge in [-0.1, -0.05) is 6.07 Å². The first kappa shape index (κ1) is 17.5. The molecular weight excluding hydrogens is 366 g/mol. The van der Waals surface area contributed by atoms with Gasteiger partial charge in [-0.05, 0) is 38.0 Å². The summed E-state index contributed by atoms with van der Waals surface area (Å²) in [5.41, 5.74) is 0.192. The fraction of sp³-hybridized carbons (Fsp3) is 0.267. The number of carbonyl (C=O) groups is 1. The molecule has 1 heterocycles. The van der Waals surface area contributed by atoms with Crippen LogP contribution in [0.3, 0.4) is 0 Å². The molecule has 2 N–H and O–H groups in total. The van der Waals surface area contributed by atoms with Crippen molar-refractivity contribution in [2.75, 3.05) is 5.32 Å². The molecule has 0 unspecified atom stereocenters. The molecular formula is C15H15N3O5S2. The van der Waals surface area contributed by atoms with E-state index in [0.717, 1.165) is 24.2 Å². The Balaban J connectivity index is 1.78. The van der Waals surface area contributed by atoms with Crippen LogP contribution in [0.5, 0.6) is 0 Å². The minimum Gasteiger partial charge on any atom is -0.321 e. The van der Waals surface area contributed by atoms with Crippen molar-refractivity contribution in [3.05, 3.63) is 50.2 Å². The molecule has 0 atom stereocenters. The van der Waals surface area contributed by atoms with E-state index >= 15 is 0 Å². The van der Waals surface area contributed by atoms with E-state index in [1.54, 1.807) is 13.0 Å². The Labute approximate surface area is 148 Å². The molecule has 1 aliphatic rings. The minimum atomic E-state index is -3.62. The second-order valence-electron chi connectivity index (χ2n) is 5.69. The molecule has 0 aliphatic heterocycles. The average Bonchev–Trinajstić information content (AvgIpc) is 3.25. The van der Waals surface area contributed by atoms with Gasteiger partial charge in [-0.25, -0.2) is 13.1 Å². The molecule has 1 aliphatic carbocycles. The van der Waals surface area contributed by atoms with Gasteiger partial charge in [-0.2, -0.15) is 0 Å². The van der Waals surface area contributed by atoms with Crippen molar-refractivity contribution in [2.45, 2.75) is 30.7 Å². The summed E-state index contributed by atoms with van der Waals surface area (Å²) in [6, 6.07) is 7.09. The fourth-order valence-electron chi connectivity index (χ4n) is 2.19. The molecule has 0 spiro atoms. The molecule has 0 radical (unpaired) electrons. The highest BCUT2D eigenvalue weighted by molar-refractivity contribution is 7.89. The van der Waals surface area contributed by atoms with Crippen LogP contribution in [-0.4, -0.2) is 25.3 Å². The van der Waals surface area contributed by atoms with E-state index in [-0.39, 0.29) is 21.5 Å². The van der Waals surface area contributed by atoms with Crippen LogP contribution >= 0.6 is 11.3 Å². The normalized spacial score (nSPS) is 14.3. The number of carbonyl (C=O) groups excluding carboxylic acids is 1. The Kier molecular flexibility index (Phi) is 4.58. The average molecular weight is 381 g/mol. The number of aryl methyl sites for hydroxylation is 1. The van der Waals surface area contributed by atoms with Gasteiger partial charge < -0.3 is 5.32 Å². The zero-order valence-electron chi connectivity index (χ0n) is 13.2. The lowest BCUT2D eigenvalue weighted by Crippen LogP contribution is -2.25. The number of nitro groups is 1. The van der Waals surface area contributed by atoms with Crippen LogP contribution in [0.2, 0.25) is 0 Å². The molecule has 1 saturated carbocycles. The molecule has 1 aromatic heterocycles. The first-order chi connectivity index (χ1) is 11.8. The Morgan fingerprint density at radius 1 is 1.32 bits per heavy atom. The molecule has 10 heteroatoms. The molecule has 25 heavy (non-hydrogen) atoms. The van der Waals surface area contributed by atoms with E-state index in [1.807, 2.05) is 0 Å². The summed E-state index contributed by atoms with van der Waals surface area (Å²) >= 11 is 1.01. The van der Waals surface area contributed by atoms with Gasteiger partial charge in [-0.3, -0.25) is 14.9 Å². The van der Waals surface area contributed by atoms with Crippen molar-refractivity contribution < 1.29 is 18.1 Å². The first-order valence-corrected chi connectivity index (χ1v) is 9.75. The summed E-state index contributed by atoms with van der Waals surface area (Å²) in [6.07, 6.45) is 1.65. The van der Waals surface area contributed by atoms with Crippen molar-refractivity contribution in [3.8, 4) is 0 Å². The monoisotopic (exact) mass is 381 g/mol. The van der Waals surface area contributed by atoms with E-state index < -0.39 is 20.9 Å². The summed E-state index contributed by atoms with van der Waals surface area (Å²) in [5, 5.41) is 13.4. The number of benzene rings is 1. The predicted molar refractivity (Wildman–Crippen MR) is 93.4 cm³/mol. The smallest absolute Gasteiger partial charge is 0.283 e. The lowest BCUT2D eigenvalue weighted by molar-refractivity contribution is -0.385. The van der Waals surface area contributed by atoms with Gasteiger partial charge in [0.2, 0.25) is 10.0 Å². The van der Waals surface area contributed by atoms with Gasteiger partial charge in [0.25, 0.3) is 11.6 Å². The second-order valence-corrected chi connectivity index (χ2v) is 8.66. The largest absolute Gasteiger partial charge is 0.321 e. The van der Waals surface area contributed by atoms with Gasteiger partial charge in [0.05, 0.1) is 19.6 Å². The van der Waals surface area contributed by atoms with Gasteiger partial charge >= 0.3 is 0 Å². The van der Waals surface area contributed by atoms with Crippen LogP contribution in [0.1, 0.15) is 27.4 Å². The lowest BCUT2D eigenvalue weighted by atomic mass is 10.3. The minimum absolute atomic E-state index is 0.0158. The molecule has 1 amide bonds. The SMILES string of the molecule is Cc1sc(C(=O)Nc2cccc(S(=O)(=O)NC3CC3)c2)cc1[N+](=O)[O-]. The predicted octanol–water partition coefficient (Wildman–Crippen LogP) is 2.66. The second kappa shape index (κ2) is 6.54. The summed E-state index contributed by atoms with van der Waals surface area (Å²) in [7, 11) is -3.62. The Morgan fingerprint density at radius 2 is 2.04 bits per heavy atom. The third kappa shape index (κ3) is 4.03. The van der Waals surface area contributed by atoms with Crippen LogP contribution < -0.4 is 10.0 Å². The van der Waals surface area contributed by atoms with E-state index in [1.165, 1.54) is 24.3 Å². The lowest BCUT2D eigenvalue weighted by Gasteiger charge is -2.08. The van der Waals surface area contributed by atoms with Crippen LogP contribution in [0.25, 0.3) is 0 Å². The molecule has 1 fully saturated rings. The maximum absolute atomic E-state index is 12.3. The zero-order chi connectivity index (χ0) is 18.2. The highest BCUT2D eigenvalue weighted by Crippen LogP contribution is 2.29. The zero-order valence-corrected chi connectivity index (χ0v) is 14.8. The molecule has 132 valence electrons. The summed E-state index contributed by atoms with van der Waals surface area (Å²) in [4.78, 5) is 23.3. The van der Waals surface area contributed by atoms with E-state index in [9.17, 15) is 23.3 Å². The fourth-order valence-corrected chi connectivity index (χ4v) is 4.42. The number of nitrogens with zero attached hydrogens (tertiary/aromatic N) is 1. The Morgan fingerprint density at radius 3 is 2.64 bits per heavy atom. The van der Waals surface area contributed by atoms with Crippen molar-refractivity contribution in [1.82, 2.24) is 4.72 Å². The molecule has 0 saturated heterocycles. The Hall–Kier alpha value is -2.30. The van der Waals surface area contributed by atoms with Crippen molar-refractivity contribution in [3.63, 3.8) is 0 Å². The van der Waals surface area contributed by atoms with Gasteiger partial charge in [0.1, 0.15) is 0 Å². The third-order valence-electron chi connectivity index (χ3n) is 3.61. The number of rotatable bonds is 6. The maximum atomic E-state index is 12.3. The van der Waals surface area contributed by atoms with Crippen molar-refractivity contribution >= 4 is 38.6 Å². The molecule has 1 aromatic carbocycles. The van der Waals surface area contributed by atoms with Gasteiger partial charge in [-0.15, -0.1) is 11.3 Å². The number of nitrogens with one attached hydrogen (secondary N) is 2. The molecule has 2 aromatic rings. The quantitative estimate of drug-likeness (QED) is 0.589.